The van der Waals surface area contributed by atoms with Gasteiger partial charge in [0, 0.05) is 35.9 Å². The fourth-order valence-corrected chi connectivity index (χ4v) is 4.52. The third-order valence-electron chi connectivity index (χ3n) is 6.40. The Bertz CT molecular complexity index is 1410. The molecule has 1 aromatic heterocycles. The highest BCUT2D eigenvalue weighted by Gasteiger charge is 2.28. The van der Waals surface area contributed by atoms with Crippen LogP contribution in [0, 0.1) is 11.7 Å². The first-order chi connectivity index (χ1) is 18.0. The monoisotopic (exact) mass is 500 g/mol. The number of nitrogens with one attached hydrogen (secondary N) is 4. The predicted octanol–water partition coefficient (Wildman–Crippen LogP) is 2.42. The van der Waals surface area contributed by atoms with Crippen LogP contribution in [-0.2, 0) is 20.8 Å². The molecular weight excluding hydrogens is 475 g/mol. The highest BCUT2D eigenvalue weighted by Crippen LogP contribution is 2.23. The zero-order chi connectivity index (χ0) is 26.2. The number of halogens is 1. The van der Waals surface area contributed by atoms with E-state index in [4.69, 9.17) is 0 Å². The molecule has 1 fully saturated rings. The predicted molar refractivity (Wildman–Crippen MR) is 136 cm³/mol. The first kappa shape index (κ1) is 25.4. The molecule has 1 aliphatic heterocycles. The Morgan fingerprint density at radius 3 is 2.62 bits per heavy atom. The zero-order valence-corrected chi connectivity index (χ0v) is 19.8. The van der Waals surface area contributed by atoms with Crippen molar-refractivity contribution in [1.82, 2.24) is 20.9 Å². The minimum atomic E-state index is -0.987. The summed E-state index contributed by atoms with van der Waals surface area (Å²) in [6, 6.07) is 13.4. The summed E-state index contributed by atoms with van der Waals surface area (Å²) in [6.07, 6.45) is 2.13. The molecule has 37 heavy (non-hydrogen) atoms. The molecular formula is C28H25FN4O4. The van der Waals surface area contributed by atoms with Crippen LogP contribution in [0.3, 0.4) is 0 Å². The molecule has 0 spiro atoms. The van der Waals surface area contributed by atoms with Crippen molar-refractivity contribution in [2.75, 3.05) is 6.54 Å². The van der Waals surface area contributed by atoms with E-state index in [1.54, 1.807) is 30.2 Å². The van der Waals surface area contributed by atoms with E-state index in [2.05, 4.69) is 20.9 Å². The maximum absolute atomic E-state index is 14.5. The highest BCUT2D eigenvalue weighted by molar-refractivity contribution is 5.98. The quantitative estimate of drug-likeness (QED) is 0.318. The summed E-state index contributed by atoms with van der Waals surface area (Å²) >= 11 is 0. The van der Waals surface area contributed by atoms with Crippen molar-refractivity contribution < 1.29 is 23.6 Å². The Morgan fingerprint density at radius 1 is 1.11 bits per heavy atom. The summed E-state index contributed by atoms with van der Waals surface area (Å²) in [6.45, 7) is 0.597. The van der Waals surface area contributed by atoms with Gasteiger partial charge in [0.25, 0.3) is 5.91 Å². The van der Waals surface area contributed by atoms with Gasteiger partial charge in [-0.1, -0.05) is 36.4 Å². The lowest BCUT2D eigenvalue weighted by Crippen LogP contribution is -2.45. The Hall–Kier alpha value is -4.67. The maximum atomic E-state index is 14.5. The SMILES string of the molecule is O=C=C[C@H](C[C@@H]1CCNC1=C=O)NC(=C=O)[C@H](Cc1ccccc1F)NC(=O)c1cc2ccccc2[nH]1. The lowest BCUT2D eigenvalue weighted by molar-refractivity contribution is 0.0937. The van der Waals surface area contributed by atoms with E-state index in [-0.39, 0.29) is 29.3 Å². The molecule has 9 heteroatoms. The van der Waals surface area contributed by atoms with Crippen LogP contribution < -0.4 is 16.0 Å². The smallest absolute Gasteiger partial charge is 0.268 e. The van der Waals surface area contributed by atoms with Gasteiger partial charge in [0.1, 0.15) is 35.0 Å². The number of aromatic nitrogens is 1. The van der Waals surface area contributed by atoms with Crippen LogP contribution in [0.4, 0.5) is 4.39 Å². The Kier molecular flexibility index (Phi) is 8.14. The van der Waals surface area contributed by atoms with Crippen molar-refractivity contribution in [2.45, 2.75) is 31.3 Å². The summed E-state index contributed by atoms with van der Waals surface area (Å²) < 4.78 is 14.5. The average molecular weight is 501 g/mol. The lowest BCUT2D eigenvalue weighted by atomic mass is 9.95. The fourth-order valence-electron chi connectivity index (χ4n) is 4.52. The largest absolute Gasteiger partial charge is 0.379 e. The molecule has 0 radical (unpaired) electrons. The van der Waals surface area contributed by atoms with Crippen molar-refractivity contribution in [3.8, 4) is 0 Å². The second kappa shape index (κ2) is 11.8. The van der Waals surface area contributed by atoms with Crippen LogP contribution in [0.15, 0.2) is 72.1 Å². The normalized spacial score (nSPS) is 16.0. The van der Waals surface area contributed by atoms with E-state index < -0.39 is 23.8 Å². The third kappa shape index (κ3) is 6.13. The van der Waals surface area contributed by atoms with Gasteiger partial charge in [-0.15, -0.1) is 0 Å². The van der Waals surface area contributed by atoms with Gasteiger partial charge in [0.15, 0.2) is 0 Å². The summed E-state index contributed by atoms with van der Waals surface area (Å²) in [5, 5.41) is 9.54. The van der Waals surface area contributed by atoms with Gasteiger partial charge in [-0.25, -0.2) is 18.8 Å². The van der Waals surface area contributed by atoms with Crippen molar-refractivity contribution in [3.63, 3.8) is 0 Å². The summed E-state index contributed by atoms with van der Waals surface area (Å²) in [4.78, 5) is 50.7. The van der Waals surface area contributed by atoms with Gasteiger partial charge in [-0.2, -0.15) is 0 Å². The number of benzene rings is 2. The van der Waals surface area contributed by atoms with Crippen LogP contribution >= 0.6 is 0 Å². The number of para-hydroxylation sites is 1. The van der Waals surface area contributed by atoms with Crippen LogP contribution in [0.1, 0.15) is 28.9 Å². The summed E-state index contributed by atoms with van der Waals surface area (Å²) in [5.74, 6) is 4.24. The number of rotatable bonds is 10. The number of fused-ring (bicyclic) bond motifs is 1. The molecule has 0 saturated carbocycles. The fraction of sp³-hybridized carbons (Fsp3) is 0.250. The molecule has 1 aliphatic rings. The zero-order valence-electron chi connectivity index (χ0n) is 19.8. The van der Waals surface area contributed by atoms with Crippen molar-refractivity contribution in [1.29, 1.82) is 0 Å². The molecule has 4 N–H and O–H groups in total. The first-order valence-electron chi connectivity index (χ1n) is 11.9. The number of carbonyl (C=O) groups excluding carboxylic acids is 4. The molecule has 1 saturated heterocycles. The Balaban J connectivity index is 1.60. The minimum Gasteiger partial charge on any atom is -0.379 e. The Morgan fingerprint density at radius 2 is 1.89 bits per heavy atom. The molecule has 0 bridgehead atoms. The Labute approximate surface area is 212 Å². The average Bonchev–Trinajstić information content (AvgIpc) is 3.55. The van der Waals surface area contributed by atoms with E-state index in [9.17, 15) is 23.6 Å². The van der Waals surface area contributed by atoms with Gasteiger partial charge in [-0.05, 0) is 36.6 Å². The first-order valence-corrected chi connectivity index (χ1v) is 11.9. The van der Waals surface area contributed by atoms with E-state index in [0.29, 0.717) is 25.1 Å². The third-order valence-corrected chi connectivity index (χ3v) is 6.40. The summed E-state index contributed by atoms with van der Waals surface area (Å²) in [7, 11) is 0. The maximum Gasteiger partial charge on any atom is 0.268 e. The van der Waals surface area contributed by atoms with Gasteiger partial charge < -0.3 is 20.9 Å². The standard InChI is InChI=1S/C28H25FN4O4/c29-22-7-3-1-5-18(22)14-24(33-28(37)25-15-19-6-2-4-8-23(19)32-25)27(17-36)31-21(10-12-34)13-20-9-11-30-26(20)16-35/h1-8,10,15,20-21,24,30-32H,9,11,13-14H2,(H,33,37)/t20-,21+,24-/m0/s1. The minimum absolute atomic E-state index is 0.0434. The molecule has 188 valence electrons. The van der Waals surface area contributed by atoms with Gasteiger partial charge >= 0.3 is 0 Å². The van der Waals surface area contributed by atoms with E-state index in [0.717, 1.165) is 10.9 Å². The van der Waals surface area contributed by atoms with Gasteiger partial charge in [0.05, 0.1) is 17.8 Å². The molecule has 4 rings (SSSR count). The second-order valence-electron chi connectivity index (χ2n) is 8.81. The molecule has 1 amide bonds. The van der Waals surface area contributed by atoms with E-state index >= 15 is 0 Å². The molecule has 3 aromatic rings. The second-order valence-corrected chi connectivity index (χ2v) is 8.81. The van der Waals surface area contributed by atoms with E-state index in [1.807, 2.05) is 36.1 Å². The van der Waals surface area contributed by atoms with Crippen molar-refractivity contribution in [3.05, 3.63) is 89.1 Å². The van der Waals surface area contributed by atoms with Crippen LogP contribution in [0.2, 0.25) is 0 Å². The number of allylic oxidation sites excluding steroid dienone is 1. The lowest BCUT2D eigenvalue weighted by Gasteiger charge is -2.25. The molecule has 0 unspecified atom stereocenters. The van der Waals surface area contributed by atoms with Crippen molar-refractivity contribution in [2.24, 2.45) is 5.92 Å². The van der Waals surface area contributed by atoms with Crippen LogP contribution in [-0.4, -0.2) is 47.3 Å². The highest BCUT2D eigenvalue weighted by atomic mass is 19.1. The molecule has 2 aromatic carbocycles. The number of amides is 1. The molecule has 2 heterocycles. The topological polar surface area (TPSA) is 120 Å². The van der Waals surface area contributed by atoms with Gasteiger partial charge in [0.2, 0.25) is 0 Å². The number of hydrogen-bond acceptors (Lipinski definition) is 6. The molecule has 0 aliphatic carbocycles. The van der Waals surface area contributed by atoms with Gasteiger partial charge in [-0.3, -0.25) is 4.79 Å². The number of H-pyrrole nitrogens is 1. The van der Waals surface area contributed by atoms with E-state index in [1.165, 1.54) is 12.1 Å². The number of aromatic amines is 1. The molecule has 3 atom stereocenters. The number of carbonyl (C=O) groups is 1. The van der Waals surface area contributed by atoms with Crippen LogP contribution in [0.5, 0.6) is 0 Å². The summed E-state index contributed by atoms with van der Waals surface area (Å²) in [5.41, 5.74) is 1.66. The number of hydrogen-bond donors (Lipinski definition) is 4. The van der Waals surface area contributed by atoms with Crippen molar-refractivity contribution >= 4 is 34.6 Å². The van der Waals surface area contributed by atoms with Crippen LogP contribution in [0.25, 0.3) is 10.9 Å². The molecule has 8 nitrogen and oxygen atoms in total.